The van der Waals surface area contributed by atoms with Gasteiger partial charge < -0.3 is 19.7 Å². The number of carbonyl (C=O) groups excluding carboxylic acids is 2. The minimum atomic E-state index is -0.0886. The van der Waals surface area contributed by atoms with E-state index in [1.54, 1.807) is 37.3 Å². The lowest BCUT2D eigenvalue weighted by atomic mass is 9.95. The second kappa shape index (κ2) is 9.45. The first kappa shape index (κ1) is 20.7. The Balaban J connectivity index is 1.60. The average Bonchev–Trinajstić information content (AvgIpc) is 2.78. The van der Waals surface area contributed by atoms with Crippen molar-refractivity contribution in [3.63, 3.8) is 0 Å². The molecule has 0 aromatic heterocycles. The fraction of sp³-hybridized carbons (Fsp3) is 0.391. The summed E-state index contributed by atoms with van der Waals surface area (Å²) in [6.07, 6.45) is 2.17. The number of nitrogens with zero attached hydrogens (tertiary/aromatic N) is 1. The molecule has 1 aliphatic rings. The molecule has 1 N–H and O–H groups in total. The van der Waals surface area contributed by atoms with E-state index >= 15 is 0 Å². The molecule has 2 aromatic carbocycles. The molecule has 0 bridgehead atoms. The highest BCUT2D eigenvalue weighted by molar-refractivity contribution is 5.96. The van der Waals surface area contributed by atoms with Crippen molar-refractivity contribution < 1.29 is 19.1 Å². The van der Waals surface area contributed by atoms with Crippen molar-refractivity contribution in [2.75, 3.05) is 32.6 Å². The number of anilines is 1. The smallest absolute Gasteiger partial charge is 0.253 e. The molecule has 1 aliphatic heterocycles. The number of nitrogens with one attached hydrogen (secondary N) is 1. The van der Waals surface area contributed by atoms with Crippen LogP contribution in [0.1, 0.15) is 35.7 Å². The number of likely N-dealkylation sites (tertiary alicyclic amines) is 1. The molecule has 29 heavy (non-hydrogen) atoms. The Morgan fingerprint density at radius 3 is 2.38 bits per heavy atom. The van der Waals surface area contributed by atoms with E-state index in [2.05, 4.69) is 12.2 Å². The van der Waals surface area contributed by atoms with Gasteiger partial charge in [-0.05, 0) is 49.1 Å². The number of aryl methyl sites for hydroxylation is 1. The molecule has 1 saturated heterocycles. The zero-order valence-electron chi connectivity index (χ0n) is 17.2. The predicted octanol–water partition coefficient (Wildman–Crippen LogP) is 3.76. The predicted molar refractivity (Wildman–Crippen MR) is 113 cm³/mol. The summed E-state index contributed by atoms with van der Waals surface area (Å²) in [4.78, 5) is 27.3. The molecule has 0 saturated carbocycles. The maximum Gasteiger partial charge on any atom is 0.253 e. The summed E-state index contributed by atoms with van der Waals surface area (Å²) in [7, 11) is 3.11. The Labute approximate surface area is 171 Å². The van der Waals surface area contributed by atoms with Crippen LogP contribution < -0.4 is 14.8 Å². The Hall–Kier alpha value is -3.02. The molecule has 6 nitrogen and oxygen atoms in total. The van der Waals surface area contributed by atoms with Gasteiger partial charge in [0, 0.05) is 30.3 Å². The van der Waals surface area contributed by atoms with Gasteiger partial charge in [-0.3, -0.25) is 9.59 Å². The molecule has 0 aliphatic carbocycles. The lowest BCUT2D eigenvalue weighted by molar-refractivity contribution is -0.121. The van der Waals surface area contributed by atoms with Crippen LogP contribution in [0.5, 0.6) is 11.5 Å². The third-order valence-electron chi connectivity index (χ3n) is 5.44. The number of methoxy groups -OCH3 is 2. The van der Waals surface area contributed by atoms with Gasteiger partial charge in [-0.15, -0.1) is 0 Å². The Bertz CT molecular complexity index is 873. The van der Waals surface area contributed by atoms with E-state index in [1.165, 1.54) is 0 Å². The molecule has 0 radical (unpaired) electrons. The standard InChI is InChI=1S/C23H28N2O4/c1-4-16-7-5-6-8-19(16)24-22(26)17-11-13-25(14-12-17)23(27)18-9-10-20(28-2)21(15-18)29-3/h5-10,15,17H,4,11-14H2,1-3H3,(H,24,26). The SMILES string of the molecule is CCc1ccccc1NC(=O)C1CCN(C(=O)c2ccc(OC)c(OC)c2)CC1. The van der Waals surface area contributed by atoms with Gasteiger partial charge in [-0.2, -0.15) is 0 Å². The van der Waals surface area contributed by atoms with Crippen LogP contribution in [0, 0.1) is 5.92 Å². The maximum absolute atomic E-state index is 12.8. The monoisotopic (exact) mass is 396 g/mol. The third kappa shape index (κ3) is 4.70. The van der Waals surface area contributed by atoms with Crippen molar-refractivity contribution in [2.45, 2.75) is 26.2 Å². The zero-order valence-corrected chi connectivity index (χ0v) is 17.2. The minimum Gasteiger partial charge on any atom is -0.493 e. The molecule has 1 fully saturated rings. The number of carbonyl (C=O) groups is 2. The van der Waals surface area contributed by atoms with Crippen LogP contribution in [0.3, 0.4) is 0 Å². The first-order chi connectivity index (χ1) is 14.1. The van der Waals surface area contributed by atoms with Crippen LogP contribution in [0.2, 0.25) is 0 Å². The molecule has 0 unspecified atom stereocenters. The van der Waals surface area contributed by atoms with E-state index in [4.69, 9.17) is 9.47 Å². The summed E-state index contributed by atoms with van der Waals surface area (Å²) in [5.41, 5.74) is 2.56. The highest BCUT2D eigenvalue weighted by Gasteiger charge is 2.28. The lowest BCUT2D eigenvalue weighted by Crippen LogP contribution is -2.41. The first-order valence-corrected chi connectivity index (χ1v) is 9.97. The second-order valence-electron chi connectivity index (χ2n) is 7.14. The minimum absolute atomic E-state index is 0.0316. The van der Waals surface area contributed by atoms with Crippen molar-refractivity contribution in [3.05, 3.63) is 53.6 Å². The molecule has 0 spiro atoms. The largest absolute Gasteiger partial charge is 0.493 e. The average molecular weight is 396 g/mol. The van der Waals surface area contributed by atoms with Gasteiger partial charge in [-0.25, -0.2) is 0 Å². The van der Waals surface area contributed by atoms with Crippen molar-refractivity contribution in [2.24, 2.45) is 5.92 Å². The van der Waals surface area contributed by atoms with E-state index in [9.17, 15) is 9.59 Å². The van der Waals surface area contributed by atoms with E-state index in [-0.39, 0.29) is 17.7 Å². The van der Waals surface area contributed by atoms with Gasteiger partial charge in [0.15, 0.2) is 11.5 Å². The number of para-hydroxylation sites is 1. The van der Waals surface area contributed by atoms with E-state index in [1.807, 2.05) is 24.3 Å². The summed E-state index contributed by atoms with van der Waals surface area (Å²) in [6.45, 7) is 3.19. The molecule has 6 heteroatoms. The molecular weight excluding hydrogens is 368 g/mol. The number of amides is 2. The molecule has 2 amide bonds. The highest BCUT2D eigenvalue weighted by Crippen LogP contribution is 2.29. The highest BCUT2D eigenvalue weighted by atomic mass is 16.5. The molecule has 1 heterocycles. The number of hydrogen-bond donors (Lipinski definition) is 1. The van der Waals surface area contributed by atoms with Crippen LogP contribution >= 0.6 is 0 Å². The number of benzene rings is 2. The molecular formula is C23H28N2O4. The van der Waals surface area contributed by atoms with Crippen molar-refractivity contribution in [3.8, 4) is 11.5 Å². The summed E-state index contributed by atoms with van der Waals surface area (Å²) >= 11 is 0. The lowest BCUT2D eigenvalue weighted by Gasteiger charge is -2.31. The number of piperidine rings is 1. The first-order valence-electron chi connectivity index (χ1n) is 9.97. The molecule has 0 atom stereocenters. The van der Waals surface area contributed by atoms with Gasteiger partial charge >= 0.3 is 0 Å². The summed E-state index contributed by atoms with van der Waals surface area (Å²) in [5, 5.41) is 3.06. The second-order valence-corrected chi connectivity index (χ2v) is 7.14. The van der Waals surface area contributed by atoms with Gasteiger partial charge in [0.2, 0.25) is 5.91 Å². The zero-order chi connectivity index (χ0) is 20.8. The molecule has 3 rings (SSSR count). The van der Waals surface area contributed by atoms with Crippen LogP contribution in [0.15, 0.2) is 42.5 Å². The van der Waals surface area contributed by atoms with E-state index in [0.717, 1.165) is 17.7 Å². The third-order valence-corrected chi connectivity index (χ3v) is 5.44. The summed E-state index contributed by atoms with van der Waals surface area (Å²) in [5.74, 6) is 1.01. The van der Waals surface area contributed by atoms with Crippen LogP contribution in [0.25, 0.3) is 0 Å². The summed E-state index contributed by atoms with van der Waals surface area (Å²) < 4.78 is 10.5. The maximum atomic E-state index is 12.8. The van der Waals surface area contributed by atoms with E-state index in [0.29, 0.717) is 43.0 Å². The van der Waals surface area contributed by atoms with Crippen LogP contribution in [-0.4, -0.2) is 44.0 Å². The topological polar surface area (TPSA) is 67.9 Å². The van der Waals surface area contributed by atoms with Gasteiger partial charge in [-0.1, -0.05) is 25.1 Å². The van der Waals surface area contributed by atoms with Crippen LogP contribution in [0.4, 0.5) is 5.69 Å². The summed E-state index contributed by atoms with van der Waals surface area (Å²) in [6, 6.07) is 13.0. The van der Waals surface area contributed by atoms with Crippen molar-refractivity contribution in [1.82, 2.24) is 4.90 Å². The van der Waals surface area contributed by atoms with Gasteiger partial charge in [0.25, 0.3) is 5.91 Å². The van der Waals surface area contributed by atoms with Crippen molar-refractivity contribution in [1.29, 1.82) is 0 Å². The quantitative estimate of drug-likeness (QED) is 0.807. The Morgan fingerprint density at radius 2 is 1.72 bits per heavy atom. The Kier molecular flexibility index (Phi) is 6.75. The fourth-order valence-electron chi connectivity index (χ4n) is 3.68. The van der Waals surface area contributed by atoms with Gasteiger partial charge in [0.05, 0.1) is 14.2 Å². The Morgan fingerprint density at radius 1 is 1.03 bits per heavy atom. The van der Waals surface area contributed by atoms with Gasteiger partial charge in [0.1, 0.15) is 0 Å². The number of rotatable bonds is 6. The number of ether oxygens (including phenoxy) is 2. The van der Waals surface area contributed by atoms with Crippen LogP contribution in [-0.2, 0) is 11.2 Å². The van der Waals surface area contributed by atoms with Crippen molar-refractivity contribution >= 4 is 17.5 Å². The van der Waals surface area contributed by atoms with E-state index < -0.39 is 0 Å². The molecule has 154 valence electrons. The molecule has 2 aromatic rings. The fourth-order valence-corrected chi connectivity index (χ4v) is 3.68. The normalized spacial score (nSPS) is 14.4. The number of hydrogen-bond acceptors (Lipinski definition) is 4.